The number of benzene rings is 1. The first-order valence-electron chi connectivity index (χ1n) is 6.78. The minimum Gasteiger partial charge on any atom is -0.269 e. The van der Waals surface area contributed by atoms with Gasteiger partial charge >= 0.3 is 0 Å². The lowest BCUT2D eigenvalue weighted by Crippen LogP contribution is -2.32. The SMILES string of the molecule is CCc1ccc(N2C(=O)C=CC2=O)cc1N1C(=O)C=CC1=O. The highest BCUT2D eigenvalue weighted by molar-refractivity contribution is 6.30. The number of hydrogen-bond acceptors (Lipinski definition) is 4. The first-order valence-corrected chi connectivity index (χ1v) is 6.78. The van der Waals surface area contributed by atoms with E-state index in [1.54, 1.807) is 12.1 Å². The molecule has 0 aliphatic carbocycles. The fourth-order valence-electron chi connectivity index (χ4n) is 2.49. The Bertz CT molecular complexity index is 740. The lowest BCUT2D eigenvalue weighted by atomic mass is 10.1. The maximum absolute atomic E-state index is 11.9. The summed E-state index contributed by atoms with van der Waals surface area (Å²) in [6, 6.07) is 4.86. The van der Waals surface area contributed by atoms with Crippen molar-refractivity contribution in [1.82, 2.24) is 0 Å². The van der Waals surface area contributed by atoms with Crippen molar-refractivity contribution in [3.05, 3.63) is 48.1 Å². The zero-order valence-corrected chi connectivity index (χ0v) is 11.8. The molecule has 0 bridgehead atoms. The molecule has 0 atom stereocenters. The van der Waals surface area contributed by atoms with Crippen LogP contribution in [0.1, 0.15) is 12.5 Å². The first kappa shape index (κ1) is 13.9. The van der Waals surface area contributed by atoms with Crippen LogP contribution in [0.2, 0.25) is 0 Å². The van der Waals surface area contributed by atoms with Gasteiger partial charge < -0.3 is 0 Å². The van der Waals surface area contributed by atoms with Gasteiger partial charge in [0.05, 0.1) is 11.4 Å². The van der Waals surface area contributed by atoms with Gasteiger partial charge in [0.25, 0.3) is 23.6 Å². The molecule has 22 heavy (non-hydrogen) atoms. The van der Waals surface area contributed by atoms with Gasteiger partial charge in [-0.15, -0.1) is 0 Å². The predicted octanol–water partition coefficient (Wildman–Crippen LogP) is 1.11. The third-order valence-electron chi connectivity index (χ3n) is 3.57. The number of imide groups is 2. The molecular weight excluding hydrogens is 284 g/mol. The Morgan fingerprint density at radius 3 is 1.77 bits per heavy atom. The van der Waals surface area contributed by atoms with Crippen LogP contribution in [-0.4, -0.2) is 23.6 Å². The number of rotatable bonds is 3. The summed E-state index contributed by atoms with van der Waals surface area (Å²) in [5.74, 6) is -1.77. The van der Waals surface area contributed by atoms with E-state index in [1.807, 2.05) is 6.92 Å². The van der Waals surface area contributed by atoms with Crippen LogP contribution in [0.15, 0.2) is 42.5 Å². The van der Waals surface area contributed by atoms with Crippen LogP contribution in [0.5, 0.6) is 0 Å². The smallest absolute Gasteiger partial charge is 0.258 e. The van der Waals surface area contributed by atoms with Crippen molar-refractivity contribution in [3.8, 4) is 0 Å². The van der Waals surface area contributed by atoms with Crippen LogP contribution in [0.3, 0.4) is 0 Å². The normalized spacial score (nSPS) is 17.3. The highest BCUT2D eigenvalue weighted by Crippen LogP contribution is 2.30. The average molecular weight is 296 g/mol. The fourth-order valence-corrected chi connectivity index (χ4v) is 2.49. The van der Waals surface area contributed by atoms with Crippen LogP contribution in [0.4, 0.5) is 11.4 Å². The zero-order valence-electron chi connectivity index (χ0n) is 11.8. The lowest BCUT2D eigenvalue weighted by Gasteiger charge is -2.21. The van der Waals surface area contributed by atoms with E-state index in [0.717, 1.165) is 15.4 Å². The van der Waals surface area contributed by atoms with Crippen molar-refractivity contribution in [3.63, 3.8) is 0 Å². The molecule has 2 aliphatic heterocycles. The van der Waals surface area contributed by atoms with Gasteiger partial charge in [0.1, 0.15) is 0 Å². The molecule has 0 aromatic heterocycles. The molecule has 2 aliphatic rings. The maximum atomic E-state index is 11.9. The molecule has 2 heterocycles. The summed E-state index contributed by atoms with van der Waals surface area (Å²) in [6.07, 6.45) is 5.37. The number of carbonyl (C=O) groups excluding carboxylic acids is 4. The zero-order chi connectivity index (χ0) is 15.9. The molecule has 110 valence electrons. The van der Waals surface area contributed by atoms with Crippen molar-refractivity contribution in [2.45, 2.75) is 13.3 Å². The van der Waals surface area contributed by atoms with Crippen LogP contribution in [-0.2, 0) is 25.6 Å². The minimum atomic E-state index is -0.447. The second-order valence-electron chi connectivity index (χ2n) is 4.86. The van der Waals surface area contributed by atoms with E-state index in [-0.39, 0.29) is 0 Å². The lowest BCUT2D eigenvalue weighted by molar-refractivity contribution is -0.121. The van der Waals surface area contributed by atoms with Gasteiger partial charge in [-0.2, -0.15) is 0 Å². The van der Waals surface area contributed by atoms with Gasteiger partial charge in [-0.3, -0.25) is 19.2 Å². The van der Waals surface area contributed by atoms with Gasteiger partial charge in [0, 0.05) is 24.3 Å². The molecule has 0 unspecified atom stereocenters. The van der Waals surface area contributed by atoms with E-state index in [2.05, 4.69) is 0 Å². The summed E-state index contributed by atoms with van der Waals surface area (Å²) in [5.41, 5.74) is 1.51. The summed E-state index contributed by atoms with van der Waals surface area (Å²) in [6.45, 7) is 1.89. The molecule has 6 nitrogen and oxygen atoms in total. The van der Waals surface area contributed by atoms with Crippen molar-refractivity contribution in [2.75, 3.05) is 9.80 Å². The van der Waals surface area contributed by atoms with Crippen molar-refractivity contribution >= 4 is 35.0 Å². The quantitative estimate of drug-likeness (QED) is 0.783. The molecule has 3 rings (SSSR count). The van der Waals surface area contributed by atoms with E-state index < -0.39 is 23.6 Å². The monoisotopic (exact) mass is 296 g/mol. The summed E-state index contributed by atoms with van der Waals surface area (Å²) >= 11 is 0. The van der Waals surface area contributed by atoms with Crippen molar-refractivity contribution in [1.29, 1.82) is 0 Å². The summed E-state index contributed by atoms with van der Waals surface area (Å²) in [5, 5.41) is 0. The molecule has 0 spiro atoms. The van der Waals surface area contributed by atoms with Crippen LogP contribution < -0.4 is 9.80 Å². The standard InChI is InChI=1S/C16H12N2O4/c1-2-10-3-4-11(17-13(19)5-6-14(17)20)9-12(10)18-15(21)7-8-16(18)22/h3-9H,2H2,1H3. The largest absolute Gasteiger partial charge is 0.269 e. The van der Waals surface area contributed by atoms with E-state index in [4.69, 9.17) is 0 Å². The number of nitrogens with zero attached hydrogens (tertiary/aromatic N) is 2. The molecule has 0 radical (unpaired) electrons. The number of carbonyl (C=O) groups is 4. The van der Waals surface area contributed by atoms with E-state index >= 15 is 0 Å². The maximum Gasteiger partial charge on any atom is 0.258 e. The van der Waals surface area contributed by atoms with Crippen molar-refractivity contribution < 1.29 is 19.2 Å². The van der Waals surface area contributed by atoms with Gasteiger partial charge in [-0.05, 0) is 24.1 Å². The predicted molar refractivity (Wildman–Crippen MR) is 79.1 cm³/mol. The number of amides is 4. The topological polar surface area (TPSA) is 74.8 Å². The first-order chi connectivity index (χ1) is 10.5. The third-order valence-corrected chi connectivity index (χ3v) is 3.57. The Kier molecular flexibility index (Phi) is 3.21. The molecule has 1 aromatic carbocycles. The molecule has 6 heteroatoms. The minimum absolute atomic E-state index is 0.333. The van der Waals surface area contributed by atoms with Gasteiger partial charge in [-0.25, -0.2) is 9.80 Å². The summed E-state index contributed by atoms with van der Waals surface area (Å²) in [7, 11) is 0. The molecule has 0 fully saturated rings. The van der Waals surface area contributed by atoms with Crippen LogP contribution in [0.25, 0.3) is 0 Å². The number of anilines is 2. The summed E-state index contributed by atoms with van der Waals surface area (Å²) in [4.78, 5) is 49.3. The average Bonchev–Trinajstić information content (AvgIpc) is 3.01. The van der Waals surface area contributed by atoms with Gasteiger partial charge in [0.15, 0.2) is 0 Å². The summed E-state index contributed by atoms with van der Waals surface area (Å²) < 4.78 is 0. The molecule has 0 N–H and O–H groups in total. The molecule has 0 saturated carbocycles. The number of aryl methyl sites for hydroxylation is 1. The van der Waals surface area contributed by atoms with Gasteiger partial charge in [-0.1, -0.05) is 13.0 Å². The van der Waals surface area contributed by atoms with E-state index in [0.29, 0.717) is 17.8 Å². The number of hydrogen-bond donors (Lipinski definition) is 0. The molecule has 1 aromatic rings. The Morgan fingerprint density at radius 2 is 1.27 bits per heavy atom. The van der Waals surface area contributed by atoms with E-state index in [1.165, 1.54) is 30.4 Å². The van der Waals surface area contributed by atoms with Gasteiger partial charge in [0.2, 0.25) is 0 Å². The highest BCUT2D eigenvalue weighted by Gasteiger charge is 2.30. The van der Waals surface area contributed by atoms with Crippen LogP contribution >= 0.6 is 0 Å². The molecular formula is C16H12N2O4. The fraction of sp³-hybridized carbons (Fsp3) is 0.125. The Labute approximate surface area is 126 Å². The second kappa shape index (κ2) is 5.07. The molecule has 0 saturated heterocycles. The Balaban J connectivity index is 2.08. The third kappa shape index (κ3) is 2.05. The van der Waals surface area contributed by atoms with Crippen LogP contribution in [0, 0.1) is 0 Å². The highest BCUT2D eigenvalue weighted by atomic mass is 16.2. The van der Waals surface area contributed by atoms with E-state index in [9.17, 15) is 19.2 Å². The Morgan fingerprint density at radius 1 is 0.773 bits per heavy atom. The Hall–Kier alpha value is -3.02. The second-order valence-corrected chi connectivity index (χ2v) is 4.86. The molecule has 4 amide bonds. The van der Waals surface area contributed by atoms with Crippen molar-refractivity contribution in [2.24, 2.45) is 0 Å².